The summed E-state index contributed by atoms with van der Waals surface area (Å²) in [7, 11) is -5.70. The Balaban J connectivity index is 4.22. The lowest BCUT2D eigenvalue weighted by atomic mass is 10.4. The summed E-state index contributed by atoms with van der Waals surface area (Å²) in [4.78, 5) is 0. The zero-order chi connectivity index (χ0) is 10.7. The summed E-state index contributed by atoms with van der Waals surface area (Å²) in [5, 5.41) is 3.97. The van der Waals surface area contributed by atoms with Crippen molar-refractivity contribution in [3.05, 3.63) is 0 Å². The summed E-state index contributed by atoms with van der Waals surface area (Å²) in [5.41, 5.74) is 0. The highest BCUT2D eigenvalue weighted by atomic mass is 32.2. The second kappa shape index (κ2) is 4.36. The molecule has 80 valence electrons. The zero-order valence-electron chi connectivity index (χ0n) is 7.52. The summed E-state index contributed by atoms with van der Waals surface area (Å²) in [6, 6.07) is 0. The average molecular weight is 230 g/mol. The van der Waals surface area contributed by atoms with Gasteiger partial charge in [0.2, 0.25) is 20.0 Å². The smallest absolute Gasteiger partial charge is 0.211 e. The molecule has 0 aromatic heterocycles. The molecule has 0 aromatic carbocycles. The Morgan fingerprint density at radius 3 is 2.08 bits per heavy atom. The minimum absolute atomic E-state index is 0.00199. The van der Waals surface area contributed by atoms with E-state index < -0.39 is 25.3 Å². The van der Waals surface area contributed by atoms with E-state index in [0.29, 0.717) is 0 Å². The maximum atomic E-state index is 10.9. The van der Waals surface area contributed by atoms with E-state index in [4.69, 9.17) is 5.14 Å². The third-order valence-corrected chi connectivity index (χ3v) is 4.42. The Kier molecular flexibility index (Phi) is 4.30. The highest BCUT2D eigenvalue weighted by Crippen LogP contribution is 2.02. The van der Waals surface area contributed by atoms with Crippen molar-refractivity contribution in [3.8, 4) is 0 Å². The fourth-order valence-corrected chi connectivity index (χ4v) is 2.05. The van der Waals surface area contributed by atoms with Crippen LogP contribution in [0.25, 0.3) is 0 Å². The van der Waals surface area contributed by atoms with Crippen molar-refractivity contribution >= 4 is 20.0 Å². The van der Waals surface area contributed by atoms with Crippen molar-refractivity contribution in [2.45, 2.75) is 18.6 Å². The van der Waals surface area contributed by atoms with Gasteiger partial charge >= 0.3 is 0 Å². The number of hydrogen-bond acceptors (Lipinski definition) is 4. The molecule has 1 unspecified atom stereocenters. The van der Waals surface area contributed by atoms with Crippen molar-refractivity contribution in [1.82, 2.24) is 4.72 Å². The van der Waals surface area contributed by atoms with Gasteiger partial charge in [0.05, 0.1) is 11.0 Å². The normalized spacial score (nSPS) is 15.6. The van der Waals surface area contributed by atoms with E-state index in [2.05, 4.69) is 4.72 Å². The quantitative estimate of drug-likeness (QED) is 0.606. The molecular weight excluding hydrogens is 216 g/mol. The molecular formula is C5H14N2O4S2. The third-order valence-electron chi connectivity index (χ3n) is 1.66. The van der Waals surface area contributed by atoms with Gasteiger partial charge < -0.3 is 0 Å². The van der Waals surface area contributed by atoms with E-state index in [-0.39, 0.29) is 12.2 Å². The molecule has 0 aliphatic heterocycles. The van der Waals surface area contributed by atoms with Gasteiger partial charge in [0.15, 0.2) is 0 Å². The lowest BCUT2D eigenvalue weighted by Crippen LogP contribution is -2.30. The highest BCUT2D eigenvalue weighted by molar-refractivity contribution is 7.90. The zero-order valence-corrected chi connectivity index (χ0v) is 9.15. The van der Waals surface area contributed by atoms with Crippen LogP contribution in [0.5, 0.6) is 0 Å². The Labute approximate surface area is 78.6 Å². The summed E-state index contributed by atoms with van der Waals surface area (Å²) in [5.74, 6) is -0.235. The molecule has 0 saturated heterocycles. The molecule has 13 heavy (non-hydrogen) atoms. The number of hydrogen-bond donors (Lipinski definition) is 2. The van der Waals surface area contributed by atoms with Gasteiger partial charge in [-0.3, -0.25) is 0 Å². The first kappa shape index (κ1) is 12.8. The standard InChI is InChI=1S/C5H14N2O4S2/c1-5(13(6,10)11)3-4-12(8,9)7-2/h5,7H,3-4H2,1-2H3,(H2,6,10,11). The van der Waals surface area contributed by atoms with Crippen molar-refractivity contribution in [1.29, 1.82) is 0 Å². The van der Waals surface area contributed by atoms with Gasteiger partial charge in [0, 0.05) is 0 Å². The molecule has 0 amide bonds. The van der Waals surface area contributed by atoms with Gasteiger partial charge in [-0.25, -0.2) is 26.7 Å². The second-order valence-electron chi connectivity index (χ2n) is 2.71. The monoisotopic (exact) mass is 230 g/mol. The number of nitrogens with two attached hydrogens (primary N) is 1. The van der Waals surface area contributed by atoms with Crippen LogP contribution in [0.4, 0.5) is 0 Å². The topological polar surface area (TPSA) is 106 Å². The van der Waals surface area contributed by atoms with Gasteiger partial charge in [-0.1, -0.05) is 0 Å². The van der Waals surface area contributed by atoms with Crippen LogP contribution in [0.1, 0.15) is 13.3 Å². The molecule has 6 nitrogen and oxygen atoms in total. The van der Waals surface area contributed by atoms with E-state index in [9.17, 15) is 16.8 Å². The van der Waals surface area contributed by atoms with Gasteiger partial charge in [-0.15, -0.1) is 0 Å². The first-order chi connectivity index (χ1) is 5.69. The van der Waals surface area contributed by atoms with Crippen LogP contribution in [0.15, 0.2) is 0 Å². The molecule has 0 saturated carbocycles. The van der Waals surface area contributed by atoms with Crippen LogP contribution in [0, 0.1) is 0 Å². The van der Waals surface area contributed by atoms with E-state index in [1.165, 1.54) is 14.0 Å². The minimum Gasteiger partial charge on any atom is -0.228 e. The van der Waals surface area contributed by atoms with Crippen molar-refractivity contribution < 1.29 is 16.8 Å². The van der Waals surface area contributed by atoms with Crippen LogP contribution in [0.2, 0.25) is 0 Å². The fraction of sp³-hybridized carbons (Fsp3) is 1.00. The van der Waals surface area contributed by atoms with Crippen molar-refractivity contribution in [3.63, 3.8) is 0 Å². The molecule has 8 heteroatoms. The van der Waals surface area contributed by atoms with E-state index in [1.54, 1.807) is 0 Å². The predicted molar refractivity (Wildman–Crippen MR) is 50.0 cm³/mol. The summed E-state index contributed by atoms with van der Waals surface area (Å²) < 4.78 is 45.3. The molecule has 0 rings (SSSR count). The van der Waals surface area contributed by atoms with Crippen LogP contribution in [0.3, 0.4) is 0 Å². The number of primary sulfonamides is 1. The van der Waals surface area contributed by atoms with Crippen molar-refractivity contribution in [2.75, 3.05) is 12.8 Å². The Morgan fingerprint density at radius 1 is 1.31 bits per heavy atom. The van der Waals surface area contributed by atoms with Crippen LogP contribution < -0.4 is 9.86 Å². The maximum Gasteiger partial charge on any atom is 0.211 e. The van der Waals surface area contributed by atoms with Crippen LogP contribution in [-0.4, -0.2) is 34.9 Å². The van der Waals surface area contributed by atoms with E-state index >= 15 is 0 Å². The summed E-state index contributed by atoms with van der Waals surface area (Å²) in [6.07, 6.45) is 0.00199. The summed E-state index contributed by atoms with van der Waals surface area (Å²) in [6.45, 7) is 1.38. The second-order valence-corrected chi connectivity index (χ2v) is 6.74. The van der Waals surface area contributed by atoms with Gasteiger partial charge in [0.1, 0.15) is 0 Å². The van der Waals surface area contributed by atoms with Gasteiger partial charge in [0.25, 0.3) is 0 Å². The lowest BCUT2D eigenvalue weighted by molar-refractivity contribution is 0.575. The first-order valence-electron chi connectivity index (χ1n) is 3.62. The van der Waals surface area contributed by atoms with E-state index in [0.717, 1.165) is 0 Å². The van der Waals surface area contributed by atoms with Gasteiger partial charge in [-0.05, 0) is 20.4 Å². The SMILES string of the molecule is CNS(=O)(=O)CCC(C)S(N)(=O)=O. The highest BCUT2D eigenvalue weighted by Gasteiger charge is 2.18. The Bertz CT molecular complexity index is 345. The molecule has 0 radical (unpaired) electrons. The average Bonchev–Trinajstić information content (AvgIpc) is 1.98. The number of sulfonamides is 2. The van der Waals surface area contributed by atoms with Gasteiger partial charge in [-0.2, -0.15) is 0 Å². The predicted octanol–water partition coefficient (Wildman–Crippen LogP) is -1.40. The first-order valence-corrected chi connectivity index (χ1v) is 6.88. The molecule has 0 bridgehead atoms. The largest absolute Gasteiger partial charge is 0.228 e. The molecule has 0 aliphatic rings. The van der Waals surface area contributed by atoms with Crippen molar-refractivity contribution in [2.24, 2.45) is 5.14 Å². The molecule has 1 atom stereocenters. The molecule has 0 aliphatic carbocycles. The third kappa shape index (κ3) is 5.19. The van der Waals surface area contributed by atoms with E-state index in [1.807, 2.05) is 0 Å². The fourth-order valence-electron chi connectivity index (χ4n) is 0.587. The Hall–Kier alpha value is -0.180. The number of rotatable bonds is 5. The maximum absolute atomic E-state index is 10.9. The number of nitrogens with one attached hydrogen (secondary N) is 1. The minimum atomic E-state index is -3.63. The molecule has 0 heterocycles. The van der Waals surface area contributed by atoms with Crippen LogP contribution >= 0.6 is 0 Å². The molecule has 3 N–H and O–H groups in total. The molecule has 0 fully saturated rings. The molecule has 0 spiro atoms. The van der Waals surface area contributed by atoms with Crippen LogP contribution in [-0.2, 0) is 20.0 Å². The lowest BCUT2D eigenvalue weighted by Gasteiger charge is -2.08. The summed E-state index contributed by atoms with van der Waals surface area (Å²) >= 11 is 0. The molecule has 0 aromatic rings. The Morgan fingerprint density at radius 2 is 1.77 bits per heavy atom.